The lowest BCUT2D eigenvalue weighted by atomic mass is 10.2. The number of ether oxygens (including phenoxy) is 2. The number of benzene rings is 1. The summed E-state index contributed by atoms with van der Waals surface area (Å²) in [5, 5.41) is 6.09. The second-order valence-electron chi connectivity index (χ2n) is 5.19. The maximum absolute atomic E-state index is 12.0. The average Bonchev–Trinajstić information content (AvgIpc) is 2.59. The topological polar surface area (TPSA) is 72.5 Å². The van der Waals surface area contributed by atoms with Gasteiger partial charge in [0.25, 0.3) is 0 Å². The first-order chi connectivity index (χ1) is 11.3. The first-order valence-corrected chi connectivity index (χ1v) is 7.60. The van der Waals surface area contributed by atoms with Gasteiger partial charge in [-0.05, 0) is 23.8 Å². The number of nitrogens with zero attached hydrogens (tertiary/aromatic N) is 1. The van der Waals surface area contributed by atoms with Crippen LogP contribution in [0, 0.1) is 0 Å². The van der Waals surface area contributed by atoms with Gasteiger partial charge in [0.15, 0.2) is 11.5 Å². The average molecular weight is 313 g/mol. The quantitative estimate of drug-likeness (QED) is 0.798. The fourth-order valence-corrected chi connectivity index (χ4v) is 2.28. The van der Waals surface area contributed by atoms with E-state index >= 15 is 0 Å². The molecule has 1 aromatic carbocycles. The molecule has 2 N–H and O–H groups in total. The number of pyridine rings is 1. The Labute approximate surface area is 134 Å². The van der Waals surface area contributed by atoms with Gasteiger partial charge < -0.3 is 20.1 Å². The third-order valence-electron chi connectivity index (χ3n) is 3.41. The van der Waals surface area contributed by atoms with Gasteiger partial charge in [0, 0.05) is 43.7 Å². The smallest absolute Gasteiger partial charge is 0.225 e. The molecule has 0 saturated carbocycles. The molecule has 0 radical (unpaired) electrons. The zero-order valence-electron chi connectivity index (χ0n) is 12.7. The molecule has 1 aliphatic rings. The molecule has 0 fully saturated rings. The molecule has 0 aliphatic carbocycles. The van der Waals surface area contributed by atoms with Crippen LogP contribution in [0.5, 0.6) is 11.5 Å². The fraction of sp³-hybridized carbons (Fsp3) is 0.294. The standard InChI is InChI=1S/C17H19N3O3/c21-17(5-7-19-12-13-2-1-6-18-11-13)20-14-3-4-15-16(10-14)23-9-8-22-15/h1-4,6,10-11,19H,5,7-9,12H2,(H,20,21). The maximum Gasteiger partial charge on any atom is 0.225 e. The number of amides is 1. The molecule has 2 heterocycles. The van der Waals surface area contributed by atoms with E-state index in [1.807, 2.05) is 30.5 Å². The third kappa shape index (κ3) is 4.43. The van der Waals surface area contributed by atoms with Crippen LogP contribution in [0.1, 0.15) is 12.0 Å². The first kappa shape index (κ1) is 15.3. The number of carbonyl (C=O) groups is 1. The molecule has 6 heteroatoms. The van der Waals surface area contributed by atoms with E-state index in [4.69, 9.17) is 9.47 Å². The zero-order valence-corrected chi connectivity index (χ0v) is 12.7. The van der Waals surface area contributed by atoms with Gasteiger partial charge >= 0.3 is 0 Å². The number of rotatable bonds is 6. The fourth-order valence-electron chi connectivity index (χ4n) is 2.28. The number of carbonyl (C=O) groups excluding carboxylic acids is 1. The van der Waals surface area contributed by atoms with E-state index in [0.29, 0.717) is 49.9 Å². The predicted molar refractivity (Wildman–Crippen MR) is 86.6 cm³/mol. The van der Waals surface area contributed by atoms with E-state index in [1.54, 1.807) is 12.3 Å². The van der Waals surface area contributed by atoms with Crippen LogP contribution < -0.4 is 20.1 Å². The molecule has 2 aromatic rings. The molecular formula is C17H19N3O3. The minimum atomic E-state index is -0.0413. The number of hydrogen-bond donors (Lipinski definition) is 2. The van der Waals surface area contributed by atoms with Crippen molar-refractivity contribution < 1.29 is 14.3 Å². The molecular weight excluding hydrogens is 294 g/mol. The normalized spacial score (nSPS) is 12.7. The Morgan fingerprint density at radius 3 is 2.87 bits per heavy atom. The van der Waals surface area contributed by atoms with E-state index in [-0.39, 0.29) is 5.91 Å². The lowest BCUT2D eigenvalue weighted by molar-refractivity contribution is -0.116. The molecule has 0 unspecified atom stereocenters. The Kier molecular flexibility index (Phi) is 5.06. The van der Waals surface area contributed by atoms with E-state index in [1.165, 1.54) is 0 Å². The van der Waals surface area contributed by atoms with Crippen LogP contribution in [0.3, 0.4) is 0 Å². The molecule has 1 aliphatic heterocycles. The largest absolute Gasteiger partial charge is 0.486 e. The van der Waals surface area contributed by atoms with Gasteiger partial charge in [0.1, 0.15) is 13.2 Å². The molecule has 0 saturated heterocycles. The highest BCUT2D eigenvalue weighted by Crippen LogP contribution is 2.32. The Morgan fingerprint density at radius 1 is 1.17 bits per heavy atom. The zero-order chi connectivity index (χ0) is 15.9. The maximum atomic E-state index is 12.0. The van der Waals surface area contributed by atoms with Gasteiger partial charge in [-0.2, -0.15) is 0 Å². The Hall–Kier alpha value is -2.60. The van der Waals surface area contributed by atoms with E-state index in [0.717, 1.165) is 5.56 Å². The first-order valence-electron chi connectivity index (χ1n) is 7.60. The lowest BCUT2D eigenvalue weighted by Crippen LogP contribution is -2.21. The molecule has 3 rings (SSSR count). The van der Waals surface area contributed by atoms with Crippen molar-refractivity contribution in [2.75, 3.05) is 25.1 Å². The highest BCUT2D eigenvalue weighted by Gasteiger charge is 2.12. The summed E-state index contributed by atoms with van der Waals surface area (Å²) in [5.41, 5.74) is 1.81. The molecule has 120 valence electrons. The summed E-state index contributed by atoms with van der Waals surface area (Å²) in [6.45, 7) is 2.39. The number of hydrogen-bond acceptors (Lipinski definition) is 5. The molecule has 0 bridgehead atoms. The molecule has 6 nitrogen and oxygen atoms in total. The van der Waals surface area contributed by atoms with Crippen LogP contribution in [0.4, 0.5) is 5.69 Å². The lowest BCUT2D eigenvalue weighted by Gasteiger charge is -2.19. The van der Waals surface area contributed by atoms with Crippen molar-refractivity contribution in [1.29, 1.82) is 0 Å². The summed E-state index contributed by atoms with van der Waals surface area (Å²) in [5.74, 6) is 1.34. The van der Waals surface area contributed by atoms with Crippen molar-refractivity contribution in [2.45, 2.75) is 13.0 Å². The molecule has 23 heavy (non-hydrogen) atoms. The van der Waals surface area contributed by atoms with Crippen molar-refractivity contribution in [3.63, 3.8) is 0 Å². The molecule has 1 aromatic heterocycles. The number of aromatic nitrogens is 1. The highest BCUT2D eigenvalue weighted by molar-refractivity contribution is 5.91. The van der Waals surface area contributed by atoms with Crippen molar-refractivity contribution in [3.8, 4) is 11.5 Å². The monoisotopic (exact) mass is 313 g/mol. The van der Waals surface area contributed by atoms with Gasteiger partial charge in [0.2, 0.25) is 5.91 Å². The van der Waals surface area contributed by atoms with Gasteiger partial charge in [-0.1, -0.05) is 6.07 Å². The van der Waals surface area contributed by atoms with Crippen molar-refractivity contribution in [2.24, 2.45) is 0 Å². The van der Waals surface area contributed by atoms with Crippen LogP contribution >= 0.6 is 0 Å². The second-order valence-corrected chi connectivity index (χ2v) is 5.19. The summed E-state index contributed by atoms with van der Waals surface area (Å²) in [6, 6.07) is 9.30. The van der Waals surface area contributed by atoms with E-state index in [2.05, 4.69) is 15.6 Å². The summed E-state index contributed by atoms with van der Waals surface area (Å²) in [7, 11) is 0. The van der Waals surface area contributed by atoms with Gasteiger partial charge in [-0.3, -0.25) is 9.78 Å². The molecule has 0 atom stereocenters. The predicted octanol–water partition coefficient (Wildman–Crippen LogP) is 1.97. The van der Waals surface area contributed by atoms with Crippen LogP contribution in [0.15, 0.2) is 42.7 Å². The van der Waals surface area contributed by atoms with Crippen molar-refractivity contribution >= 4 is 11.6 Å². The van der Waals surface area contributed by atoms with E-state index in [9.17, 15) is 4.79 Å². The van der Waals surface area contributed by atoms with Crippen LogP contribution in [0.25, 0.3) is 0 Å². The van der Waals surface area contributed by atoms with Crippen molar-refractivity contribution in [1.82, 2.24) is 10.3 Å². The Bertz CT molecular complexity index is 661. The summed E-state index contributed by atoms with van der Waals surface area (Å²) in [4.78, 5) is 16.0. The van der Waals surface area contributed by atoms with E-state index < -0.39 is 0 Å². The summed E-state index contributed by atoms with van der Waals surface area (Å²) < 4.78 is 11.0. The molecule has 0 spiro atoms. The van der Waals surface area contributed by atoms with Crippen molar-refractivity contribution in [3.05, 3.63) is 48.3 Å². The van der Waals surface area contributed by atoms with Gasteiger partial charge in [-0.15, -0.1) is 0 Å². The summed E-state index contributed by atoms with van der Waals surface area (Å²) in [6.07, 6.45) is 3.95. The SMILES string of the molecule is O=C(CCNCc1cccnc1)Nc1ccc2c(c1)OCCO2. The van der Waals surface area contributed by atoms with Gasteiger partial charge in [0.05, 0.1) is 0 Å². The summed E-state index contributed by atoms with van der Waals surface area (Å²) >= 11 is 0. The number of nitrogens with one attached hydrogen (secondary N) is 2. The van der Waals surface area contributed by atoms with Crippen LogP contribution in [-0.4, -0.2) is 30.6 Å². The second kappa shape index (κ2) is 7.60. The third-order valence-corrected chi connectivity index (χ3v) is 3.41. The number of anilines is 1. The van der Waals surface area contributed by atoms with Gasteiger partial charge in [-0.25, -0.2) is 0 Å². The Balaban J connectivity index is 1.42. The highest BCUT2D eigenvalue weighted by atomic mass is 16.6. The minimum absolute atomic E-state index is 0.0413. The number of fused-ring (bicyclic) bond motifs is 1. The minimum Gasteiger partial charge on any atom is -0.486 e. The molecule has 1 amide bonds. The van der Waals surface area contributed by atoms with Crippen LogP contribution in [-0.2, 0) is 11.3 Å². The Morgan fingerprint density at radius 2 is 2.04 bits per heavy atom. The van der Waals surface area contributed by atoms with Crippen LogP contribution in [0.2, 0.25) is 0 Å².